The van der Waals surface area contributed by atoms with Gasteiger partial charge in [-0.05, 0) is 30.2 Å². The molecule has 2 aliphatic rings. The predicted octanol–water partition coefficient (Wildman–Crippen LogP) is 4.38. The zero-order chi connectivity index (χ0) is 20.9. The molecule has 1 spiro atoms. The van der Waals surface area contributed by atoms with Gasteiger partial charge in [-0.25, -0.2) is 21.8 Å². The van der Waals surface area contributed by atoms with Crippen molar-refractivity contribution in [1.29, 1.82) is 0 Å². The lowest BCUT2D eigenvalue weighted by Gasteiger charge is -2.30. The summed E-state index contributed by atoms with van der Waals surface area (Å²) >= 11 is 6.16. The maximum atomic E-state index is 14.1. The molecule has 0 N–H and O–H groups in total. The Balaban J connectivity index is 1.71. The minimum atomic E-state index is -3.99. The molecule has 0 unspecified atom stereocenters. The number of hydrogen-bond donors (Lipinski definition) is 0. The Kier molecular flexibility index (Phi) is 4.70. The van der Waals surface area contributed by atoms with Crippen molar-refractivity contribution in [2.45, 2.75) is 29.9 Å². The molecule has 0 atom stereocenters. The molecule has 3 heterocycles. The summed E-state index contributed by atoms with van der Waals surface area (Å²) in [5, 5.41) is 0.0966. The lowest BCUT2D eigenvalue weighted by Crippen LogP contribution is -2.31. The number of hydrogen-bond acceptors (Lipinski definition) is 5. The van der Waals surface area contributed by atoms with E-state index in [1.807, 2.05) is 6.08 Å². The number of allylic oxidation sites excluding steroid dienone is 1. The topological polar surface area (TPSA) is 70.4 Å². The van der Waals surface area contributed by atoms with Gasteiger partial charge in [0.1, 0.15) is 0 Å². The average molecular weight is 449 g/mol. The smallest absolute Gasteiger partial charge is 0.269 e. The standard InChI is InChI=1S/C21H18ClFN2O4S/c22-19-16-12-18(14-6-8-21(9-7-14)28-10-11-29-21)25(20(16)24-13-17(19)23)30(26,27)15-4-2-1-3-5-15/h1-6,12-13H,7-11H2. The van der Waals surface area contributed by atoms with Crippen molar-refractivity contribution in [2.75, 3.05) is 13.2 Å². The Hall–Kier alpha value is -2.26. The molecule has 0 saturated carbocycles. The van der Waals surface area contributed by atoms with E-state index in [1.54, 1.807) is 24.3 Å². The van der Waals surface area contributed by atoms with Crippen LogP contribution in [0.25, 0.3) is 16.6 Å². The Bertz CT molecular complexity index is 1270. The summed E-state index contributed by atoms with van der Waals surface area (Å²) in [5.41, 5.74) is 1.31. The molecule has 9 heteroatoms. The molecule has 1 aliphatic heterocycles. The minimum absolute atomic E-state index is 0.0924. The van der Waals surface area contributed by atoms with Gasteiger partial charge in [0.25, 0.3) is 10.0 Å². The lowest BCUT2D eigenvalue weighted by atomic mass is 9.92. The van der Waals surface area contributed by atoms with E-state index in [2.05, 4.69) is 4.98 Å². The average Bonchev–Trinajstić information content (AvgIpc) is 3.38. The van der Waals surface area contributed by atoms with Crippen molar-refractivity contribution in [3.63, 3.8) is 0 Å². The van der Waals surface area contributed by atoms with Crippen LogP contribution in [-0.2, 0) is 19.5 Å². The van der Waals surface area contributed by atoms with Crippen LogP contribution in [0.4, 0.5) is 4.39 Å². The molecule has 1 saturated heterocycles. The zero-order valence-electron chi connectivity index (χ0n) is 15.8. The quantitative estimate of drug-likeness (QED) is 0.594. The second-order valence-corrected chi connectivity index (χ2v) is 9.48. The van der Waals surface area contributed by atoms with Crippen molar-refractivity contribution < 1.29 is 22.3 Å². The summed E-state index contributed by atoms with van der Waals surface area (Å²) in [6.07, 6.45) is 4.51. The van der Waals surface area contributed by atoms with Crippen molar-refractivity contribution in [3.05, 3.63) is 65.2 Å². The van der Waals surface area contributed by atoms with Crippen LogP contribution >= 0.6 is 11.6 Å². The third kappa shape index (κ3) is 3.06. The van der Waals surface area contributed by atoms with Crippen molar-refractivity contribution >= 4 is 38.2 Å². The van der Waals surface area contributed by atoms with E-state index >= 15 is 0 Å². The van der Waals surface area contributed by atoms with Crippen molar-refractivity contribution in [3.8, 4) is 0 Å². The molecule has 1 aliphatic carbocycles. The van der Waals surface area contributed by atoms with Crippen LogP contribution in [0.5, 0.6) is 0 Å². The van der Waals surface area contributed by atoms with Gasteiger partial charge in [-0.3, -0.25) is 0 Å². The van der Waals surface area contributed by atoms with Gasteiger partial charge in [0, 0.05) is 18.2 Å². The first-order valence-electron chi connectivity index (χ1n) is 9.55. The van der Waals surface area contributed by atoms with Gasteiger partial charge in [-0.15, -0.1) is 0 Å². The maximum absolute atomic E-state index is 14.1. The van der Waals surface area contributed by atoms with E-state index < -0.39 is 21.6 Å². The van der Waals surface area contributed by atoms with E-state index in [0.29, 0.717) is 38.2 Å². The van der Waals surface area contributed by atoms with E-state index in [0.717, 1.165) is 15.7 Å². The van der Waals surface area contributed by atoms with Gasteiger partial charge < -0.3 is 9.47 Å². The van der Waals surface area contributed by atoms with Gasteiger partial charge in [0.2, 0.25) is 0 Å². The van der Waals surface area contributed by atoms with E-state index in [4.69, 9.17) is 21.1 Å². The van der Waals surface area contributed by atoms with E-state index in [1.165, 1.54) is 12.1 Å². The number of fused-ring (bicyclic) bond motifs is 1. The van der Waals surface area contributed by atoms with E-state index in [9.17, 15) is 12.8 Å². The molecule has 5 rings (SSSR count). The predicted molar refractivity (Wildman–Crippen MR) is 110 cm³/mol. The third-order valence-electron chi connectivity index (χ3n) is 5.54. The summed E-state index contributed by atoms with van der Waals surface area (Å²) in [7, 11) is -3.99. The summed E-state index contributed by atoms with van der Waals surface area (Å²) < 4.78 is 53.8. The molecular formula is C21H18ClFN2O4S. The highest BCUT2D eigenvalue weighted by Crippen LogP contribution is 2.41. The Morgan fingerprint density at radius 1 is 1.17 bits per heavy atom. The summed E-state index contributed by atoms with van der Waals surface area (Å²) in [6.45, 7) is 1.09. The fraction of sp³-hybridized carbons (Fsp3) is 0.286. The van der Waals surface area contributed by atoms with Gasteiger partial charge in [0.15, 0.2) is 17.3 Å². The number of halogens is 2. The maximum Gasteiger partial charge on any atom is 0.269 e. The lowest BCUT2D eigenvalue weighted by molar-refractivity contribution is -0.159. The molecular weight excluding hydrogens is 431 g/mol. The van der Waals surface area contributed by atoms with Crippen LogP contribution in [0.2, 0.25) is 5.02 Å². The molecule has 156 valence electrons. The largest absolute Gasteiger partial charge is 0.347 e. The van der Waals surface area contributed by atoms with Crippen molar-refractivity contribution in [1.82, 2.24) is 8.96 Å². The first kappa shape index (κ1) is 19.7. The molecule has 1 fully saturated rings. The van der Waals surface area contributed by atoms with Crippen LogP contribution in [-0.4, -0.2) is 36.4 Å². The van der Waals surface area contributed by atoms with Crippen LogP contribution in [0.3, 0.4) is 0 Å². The van der Waals surface area contributed by atoms with Crippen LogP contribution in [0, 0.1) is 5.82 Å². The number of rotatable bonds is 3. The van der Waals surface area contributed by atoms with Crippen LogP contribution in [0.15, 0.2) is 53.6 Å². The van der Waals surface area contributed by atoms with E-state index in [-0.39, 0.29) is 21.0 Å². The first-order chi connectivity index (χ1) is 14.4. The second-order valence-electron chi connectivity index (χ2n) is 7.31. The van der Waals surface area contributed by atoms with Gasteiger partial charge in [0.05, 0.1) is 35.0 Å². The Labute approximate surface area is 177 Å². The molecule has 3 aromatic rings. The summed E-state index contributed by atoms with van der Waals surface area (Å²) in [5.74, 6) is -1.34. The van der Waals surface area contributed by atoms with Gasteiger partial charge in [-0.2, -0.15) is 0 Å². The highest BCUT2D eigenvalue weighted by Gasteiger charge is 2.39. The van der Waals surface area contributed by atoms with Crippen LogP contribution in [0.1, 0.15) is 25.0 Å². The molecule has 2 aromatic heterocycles. The Morgan fingerprint density at radius 2 is 1.90 bits per heavy atom. The fourth-order valence-corrected chi connectivity index (χ4v) is 5.74. The number of aromatic nitrogens is 2. The number of ether oxygens (including phenoxy) is 2. The number of pyridine rings is 1. The number of nitrogens with zero attached hydrogens (tertiary/aromatic N) is 2. The Morgan fingerprint density at radius 3 is 2.57 bits per heavy atom. The molecule has 1 aromatic carbocycles. The van der Waals surface area contributed by atoms with Crippen molar-refractivity contribution in [2.24, 2.45) is 0 Å². The van der Waals surface area contributed by atoms with Gasteiger partial charge in [-0.1, -0.05) is 35.9 Å². The fourth-order valence-electron chi connectivity index (χ4n) is 4.03. The highest BCUT2D eigenvalue weighted by atomic mass is 35.5. The van der Waals surface area contributed by atoms with Crippen LogP contribution < -0.4 is 0 Å². The number of benzene rings is 1. The molecule has 0 radical (unpaired) electrons. The molecule has 6 nitrogen and oxygen atoms in total. The molecule has 30 heavy (non-hydrogen) atoms. The van der Waals surface area contributed by atoms with Gasteiger partial charge >= 0.3 is 0 Å². The molecule has 0 bridgehead atoms. The second kappa shape index (κ2) is 7.16. The minimum Gasteiger partial charge on any atom is -0.347 e. The summed E-state index contributed by atoms with van der Waals surface area (Å²) in [4.78, 5) is 4.18. The zero-order valence-corrected chi connectivity index (χ0v) is 17.4. The normalized spacial score (nSPS) is 18.8. The summed E-state index contributed by atoms with van der Waals surface area (Å²) in [6, 6.07) is 9.66. The first-order valence-corrected chi connectivity index (χ1v) is 11.4. The molecule has 0 amide bonds. The highest BCUT2D eigenvalue weighted by molar-refractivity contribution is 7.90. The monoisotopic (exact) mass is 448 g/mol. The third-order valence-corrected chi connectivity index (χ3v) is 7.64. The SMILES string of the molecule is O=S(=O)(c1ccccc1)n1c(C2=CCC3(CC2)OCCO3)cc2c(Cl)c(F)cnc21.